The van der Waals surface area contributed by atoms with Crippen molar-refractivity contribution in [3.8, 4) is 0 Å². The van der Waals surface area contributed by atoms with Crippen LogP contribution in [0.3, 0.4) is 0 Å². The SMILES string of the molecule is CCc1nc(C)c(CNC(C)C)s1. The molecule has 0 saturated heterocycles. The van der Waals surface area contributed by atoms with Gasteiger partial charge in [-0.05, 0) is 13.3 Å². The number of hydrogen-bond donors (Lipinski definition) is 1. The summed E-state index contributed by atoms with van der Waals surface area (Å²) in [6.07, 6.45) is 1.05. The Morgan fingerprint density at radius 2 is 2.15 bits per heavy atom. The van der Waals surface area contributed by atoms with Gasteiger partial charge >= 0.3 is 0 Å². The lowest BCUT2D eigenvalue weighted by Gasteiger charge is -2.05. The van der Waals surface area contributed by atoms with E-state index in [1.807, 2.05) is 11.3 Å². The van der Waals surface area contributed by atoms with Crippen LogP contribution in [0.25, 0.3) is 0 Å². The van der Waals surface area contributed by atoms with Gasteiger partial charge in [0.2, 0.25) is 0 Å². The molecule has 0 spiro atoms. The maximum Gasteiger partial charge on any atom is 0.0928 e. The summed E-state index contributed by atoms with van der Waals surface area (Å²) < 4.78 is 0. The fourth-order valence-electron chi connectivity index (χ4n) is 1.10. The van der Waals surface area contributed by atoms with Crippen molar-refractivity contribution >= 4 is 11.3 Å². The predicted octanol–water partition coefficient (Wildman–Crippen LogP) is 2.51. The Balaban J connectivity index is 2.60. The highest BCUT2D eigenvalue weighted by atomic mass is 32.1. The van der Waals surface area contributed by atoms with Crippen molar-refractivity contribution < 1.29 is 0 Å². The standard InChI is InChI=1S/C10H18N2S/c1-5-10-12-8(4)9(13-10)6-11-7(2)3/h7,11H,5-6H2,1-4H3. The molecule has 1 rings (SSSR count). The number of nitrogens with one attached hydrogen (secondary N) is 1. The van der Waals surface area contributed by atoms with Gasteiger partial charge in [-0.15, -0.1) is 11.3 Å². The zero-order valence-corrected chi connectivity index (χ0v) is 9.66. The lowest BCUT2D eigenvalue weighted by atomic mass is 10.3. The van der Waals surface area contributed by atoms with Crippen LogP contribution in [0.1, 0.15) is 36.3 Å². The molecule has 3 heteroatoms. The van der Waals surface area contributed by atoms with E-state index in [9.17, 15) is 0 Å². The summed E-state index contributed by atoms with van der Waals surface area (Å²) in [5.74, 6) is 0. The Bertz CT molecular complexity index is 266. The van der Waals surface area contributed by atoms with Crippen LogP contribution in [0.4, 0.5) is 0 Å². The summed E-state index contributed by atoms with van der Waals surface area (Å²) in [4.78, 5) is 5.87. The van der Waals surface area contributed by atoms with E-state index < -0.39 is 0 Å². The third-order valence-corrected chi connectivity index (χ3v) is 3.21. The molecule has 0 amide bonds. The highest BCUT2D eigenvalue weighted by Gasteiger charge is 2.05. The van der Waals surface area contributed by atoms with Crippen molar-refractivity contribution in [1.29, 1.82) is 0 Å². The molecule has 0 atom stereocenters. The van der Waals surface area contributed by atoms with Crippen LogP contribution >= 0.6 is 11.3 Å². The first-order chi connectivity index (χ1) is 6.13. The van der Waals surface area contributed by atoms with Crippen LogP contribution in [0.2, 0.25) is 0 Å². The third kappa shape index (κ3) is 3.08. The lowest BCUT2D eigenvalue weighted by molar-refractivity contribution is 0.591. The molecule has 0 aliphatic rings. The van der Waals surface area contributed by atoms with Gasteiger partial charge in [0.05, 0.1) is 10.7 Å². The maximum absolute atomic E-state index is 4.49. The van der Waals surface area contributed by atoms with Crippen molar-refractivity contribution in [3.05, 3.63) is 15.6 Å². The molecule has 0 aliphatic heterocycles. The van der Waals surface area contributed by atoms with Gasteiger partial charge in [0.15, 0.2) is 0 Å². The largest absolute Gasteiger partial charge is 0.310 e. The molecule has 1 aromatic heterocycles. The molecule has 1 aromatic rings. The van der Waals surface area contributed by atoms with Crippen molar-refractivity contribution in [1.82, 2.24) is 10.3 Å². The first kappa shape index (κ1) is 10.7. The van der Waals surface area contributed by atoms with E-state index in [4.69, 9.17) is 0 Å². The number of aromatic nitrogens is 1. The van der Waals surface area contributed by atoms with E-state index in [0.717, 1.165) is 13.0 Å². The average molecular weight is 198 g/mol. The number of thiazole rings is 1. The summed E-state index contributed by atoms with van der Waals surface area (Å²) in [7, 11) is 0. The number of rotatable bonds is 4. The van der Waals surface area contributed by atoms with Gasteiger partial charge in [0, 0.05) is 17.5 Å². The van der Waals surface area contributed by atoms with Crippen molar-refractivity contribution in [2.75, 3.05) is 0 Å². The zero-order chi connectivity index (χ0) is 9.84. The molecular weight excluding hydrogens is 180 g/mol. The third-order valence-electron chi connectivity index (χ3n) is 1.91. The Morgan fingerprint density at radius 3 is 2.62 bits per heavy atom. The van der Waals surface area contributed by atoms with Crippen molar-refractivity contribution in [3.63, 3.8) is 0 Å². The topological polar surface area (TPSA) is 24.9 Å². The summed E-state index contributed by atoms with van der Waals surface area (Å²) in [6.45, 7) is 9.53. The second-order valence-electron chi connectivity index (χ2n) is 3.51. The summed E-state index contributed by atoms with van der Waals surface area (Å²) in [5.41, 5.74) is 1.19. The van der Waals surface area contributed by atoms with E-state index in [2.05, 4.69) is 38.0 Å². The van der Waals surface area contributed by atoms with Crippen LogP contribution in [-0.2, 0) is 13.0 Å². The normalized spacial score (nSPS) is 11.2. The first-order valence-electron chi connectivity index (χ1n) is 4.82. The Hall–Kier alpha value is -0.410. The molecule has 0 bridgehead atoms. The summed E-state index contributed by atoms with van der Waals surface area (Å²) in [6, 6.07) is 0.548. The van der Waals surface area contributed by atoms with Gasteiger partial charge in [0.1, 0.15) is 0 Å². The van der Waals surface area contributed by atoms with Gasteiger partial charge in [-0.1, -0.05) is 20.8 Å². The van der Waals surface area contributed by atoms with E-state index in [1.54, 1.807) is 0 Å². The Kier molecular flexibility index (Phi) is 3.88. The number of hydrogen-bond acceptors (Lipinski definition) is 3. The molecule has 0 saturated carbocycles. The van der Waals surface area contributed by atoms with E-state index >= 15 is 0 Å². The zero-order valence-electron chi connectivity index (χ0n) is 8.85. The van der Waals surface area contributed by atoms with Gasteiger partial charge < -0.3 is 5.32 Å². The molecule has 0 aliphatic carbocycles. The van der Waals surface area contributed by atoms with Gasteiger partial charge in [-0.2, -0.15) is 0 Å². The molecule has 13 heavy (non-hydrogen) atoms. The summed E-state index contributed by atoms with van der Waals surface area (Å²) in [5, 5.41) is 4.66. The quantitative estimate of drug-likeness (QED) is 0.804. The van der Waals surface area contributed by atoms with Crippen LogP contribution in [0.5, 0.6) is 0 Å². The van der Waals surface area contributed by atoms with E-state index in [0.29, 0.717) is 6.04 Å². The Morgan fingerprint density at radius 1 is 1.46 bits per heavy atom. The van der Waals surface area contributed by atoms with Gasteiger partial charge in [-0.3, -0.25) is 0 Å². The molecule has 1 heterocycles. The van der Waals surface area contributed by atoms with Gasteiger partial charge in [-0.25, -0.2) is 4.98 Å². The highest BCUT2D eigenvalue weighted by Crippen LogP contribution is 2.18. The average Bonchev–Trinajstić information content (AvgIpc) is 2.43. The smallest absolute Gasteiger partial charge is 0.0928 e. The van der Waals surface area contributed by atoms with Crippen LogP contribution in [0.15, 0.2) is 0 Å². The second-order valence-corrected chi connectivity index (χ2v) is 4.67. The fraction of sp³-hybridized carbons (Fsp3) is 0.700. The van der Waals surface area contributed by atoms with E-state index in [-0.39, 0.29) is 0 Å². The minimum absolute atomic E-state index is 0.548. The Labute approximate surface area is 84.4 Å². The predicted molar refractivity (Wildman–Crippen MR) is 58.2 cm³/mol. The molecule has 1 N–H and O–H groups in total. The molecule has 74 valence electrons. The molecule has 0 fully saturated rings. The van der Waals surface area contributed by atoms with Crippen LogP contribution < -0.4 is 5.32 Å². The fourth-order valence-corrected chi connectivity index (χ4v) is 2.06. The number of aryl methyl sites for hydroxylation is 2. The van der Waals surface area contributed by atoms with Crippen LogP contribution in [-0.4, -0.2) is 11.0 Å². The second kappa shape index (κ2) is 4.72. The number of nitrogens with zero attached hydrogens (tertiary/aromatic N) is 1. The van der Waals surface area contributed by atoms with Crippen molar-refractivity contribution in [2.45, 2.75) is 46.7 Å². The molecule has 0 radical (unpaired) electrons. The summed E-state index contributed by atoms with van der Waals surface area (Å²) >= 11 is 1.83. The molecular formula is C10H18N2S. The molecule has 2 nitrogen and oxygen atoms in total. The van der Waals surface area contributed by atoms with Crippen molar-refractivity contribution in [2.24, 2.45) is 0 Å². The maximum atomic E-state index is 4.49. The van der Waals surface area contributed by atoms with Crippen LogP contribution in [0, 0.1) is 6.92 Å². The van der Waals surface area contributed by atoms with Gasteiger partial charge in [0.25, 0.3) is 0 Å². The van der Waals surface area contributed by atoms with E-state index in [1.165, 1.54) is 15.6 Å². The molecule has 0 unspecified atom stereocenters. The lowest BCUT2D eigenvalue weighted by Crippen LogP contribution is -2.21. The minimum Gasteiger partial charge on any atom is -0.310 e. The highest BCUT2D eigenvalue weighted by molar-refractivity contribution is 7.11. The molecule has 0 aromatic carbocycles. The monoisotopic (exact) mass is 198 g/mol. The minimum atomic E-state index is 0.548. The first-order valence-corrected chi connectivity index (χ1v) is 5.63.